The van der Waals surface area contributed by atoms with E-state index in [1.165, 1.54) is 112 Å². The summed E-state index contributed by atoms with van der Waals surface area (Å²) >= 11 is 0. The molecule has 0 bridgehead atoms. The molecule has 0 amide bonds. The summed E-state index contributed by atoms with van der Waals surface area (Å²) in [6.45, 7) is 9.70. The van der Waals surface area contributed by atoms with Crippen LogP contribution in [0.5, 0.6) is 0 Å². The zero-order chi connectivity index (χ0) is 38.9. The van der Waals surface area contributed by atoms with E-state index in [-0.39, 0.29) is 10.8 Å². The normalized spacial score (nSPS) is 15.7. The van der Waals surface area contributed by atoms with Gasteiger partial charge in [0, 0.05) is 22.2 Å². The van der Waals surface area contributed by atoms with Gasteiger partial charge in [-0.3, -0.25) is 0 Å². The number of nitrogens with zero attached hydrogens (tertiary/aromatic N) is 2. The van der Waals surface area contributed by atoms with Crippen LogP contribution < -0.4 is 9.80 Å². The average Bonchev–Trinajstić information content (AvgIpc) is 3.53. The van der Waals surface area contributed by atoms with Crippen LogP contribution in [0.15, 0.2) is 158 Å². The third-order valence-corrected chi connectivity index (χ3v) is 13.6. The molecule has 8 aromatic rings. The summed E-state index contributed by atoms with van der Waals surface area (Å²) in [5.74, 6) is 0. The van der Waals surface area contributed by atoms with Gasteiger partial charge in [0.2, 0.25) is 0 Å². The third kappa shape index (κ3) is 4.49. The summed E-state index contributed by atoms with van der Waals surface area (Å²) in [6, 6.07) is 59.1. The molecule has 0 atom stereocenters. The highest BCUT2D eigenvalue weighted by Crippen LogP contribution is 2.58. The standard InChI is InChI=1S/C56H42N2/c1-55(2)45-31-32-46-54-44(42-28-26-40(34-48(42)56(46,3)4)58-51-19-11-7-15-37(51)23-24-38-16-8-12-20-52(38)58)30-29-43(53(45)54)41-27-25-39(33-47(41)55)57-49-17-9-5-13-35(49)21-22-36-14-6-10-18-50(36)57/h5-34H,1-4H3. The lowest BCUT2D eigenvalue weighted by Gasteiger charge is -2.41. The van der Waals surface area contributed by atoms with Crippen molar-refractivity contribution in [1.29, 1.82) is 0 Å². The molecule has 4 aliphatic rings. The first-order valence-electron chi connectivity index (χ1n) is 20.5. The highest BCUT2D eigenvalue weighted by molar-refractivity contribution is 6.13. The maximum Gasteiger partial charge on any atom is 0.0534 e. The second kappa shape index (κ2) is 11.8. The minimum atomic E-state index is -0.228. The van der Waals surface area contributed by atoms with Crippen molar-refractivity contribution in [2.24, 2.45) is 0 Å². The molecule has 0 fully saturated rings. The Morgan fingerprint density at radius 1 is 0.310 bits per heavy atom. The first-order valence-corrected chi connectivity index (χ1v) is 20.5. The molecule has 12 rings (SSSR count). The first kappa shape index (κ1) is 33.3. The van der Waals surface area contributed by atoms with Crippen LogP contribution in [0.25, 0.3) is 57.3 Å². The second-order valence-electron chi connectivity index (χ2n) is 17.4. The Balaban J connectivity index is 1.03. The van der Waals surface area contributed by atoms with E-state index in [9.17, 15) is 0 Å². The van der Waals surface area contributed by atoms with Crippen LogP contribution in [-0.2, 0) is 10.8 Å². The lowest BCUT2D eigenvalue weighted by molar-refractivity contribution is 0.633. The van der Waals surface area contributed by atoms with Crippen molar-refractivity contribution in [3.05, 3.63) is 202 Å². The maximum atomic E-state index is 2.46. The molecule has 0 N–H and O–H groups in total. The fourth-order valence-corrected chi connectivity index (χ4v) is 10.6. The van der Waals surface area contributed by atoms with Gasteiger partial charge in [0.05, 0.1) is 22.7 Å². The van der Waals surface area contributed by atoms with E-state index in [0.717, 1.165) is 0 Å². The Labute approximate surface area is 340 Å². The molecule has 276 valence electrons. The minimum Gasteiger partial charge on any atom is -0.309 e. The minimum absolute atomic E-state index is 0.228. The van der Waals surface area contributed by atoms with Gasteiger partial charge >= 0.3 is 0 Å². The summed E-state index contributed by atoms with van der Waals surface area (Å²) in [4.78, 5) is 4.90. The van der Waals surface area contributed by atoms with Gasteiger partial charge in [-0.25, -0.2) is 0 Å². The number of benzene rings is 8. The first-order chi connectivity index (χ1) is 28.3. The number of anilines is 6. The van der Waals surface area contributed by atoms with E-state index in [2.05, 4.69) is 220 Å². The van der Waals surface area contributed by atoms with Gasteiger partial charge in [-0.2, -0.15) is 0 Å². The fourth-order valence-electron chi connectivity index (χ4n) is 10.6. The molecular formula is C56H42N2. The zero-order valence-electron chi connectivity index (χ0n) is 33.2. The van der Waals surface area contributed by atoms with Gasteiger partial charge < -0.3 is 9.80 Å². The van der Waals surface area contributed by atoms with Gasteiger partial charge in [0.1, 0.15) is 0 Å². The molecule has 2 aliphatic heterocycles. The molecule has 58 heavy (non-hydrogen) atoms. The quantitative estimate of drug-likeness (QED) is 0.174. The second-order valence-corrected chi connectivity index (χ2v) is 17.4. The van der Waals surface area contributed by atoms with Gasteiger partial charge in [-0.05, 0) is 126 Å². The summed E-state index contributed by atoms with van der Waals surface area (Å²) < 4.78 is 0. The molecule has 0 unspecified atom stereocenters. The van der Waals surface area contributed by atoms with Crippen LogP contribution in [0.1, 0.15) is 72.2 Å². The van der Waals surface area contributed by atoms with Gasteiger partial charge in [0.25, 0.3) is 0 Å². The fraction of sp³-hybridized carbons (Fsp3) is 0.107. The SMILES string of the molecule is CC1(C)c2cc(N3c4ccccc4C=Cc4ccccc43)ccc2-c2ccc3c4c(ccc1c24)C(C)(C)c1cc(N2c4ccccc4C=Cc4ccccc42)ccc1-3. The summed E-state index contributed by atoms with van der Waals surface area (Å²) in [5.41, 5.74) is 22.4. The van der Waals surface area contributed by atoms with E-state index in [1.54, 1.807) is 0 Å². The lowest BCUT2D eigenvalue weighted by atomic mass is 9.63. The van der Waals surface area contributed by atoms with Crippen molar-refractivity contribution >= 4 is 69.2 Å². The van der Waals surface area contributed by atoms with Crippen LogP contribution in [0.3, 0.4) is 0 Å². The maximum absolute atomic E-state index is 2.46. The van der Waals surface area contributed by atoms with E-state index >= 15 is 0 Å². The predicted molar refractivity (Wildman–Crippen MR) is 246 cm³/mol. The predicted octanol–water partition coefficient (Wildman–Crippen LogP) is 15.4. The number of rotatable bonds is 2. The average molecular weight is 743 g/mol. The van der Waals surface area contributed by atoms with Crippen molar-refractivity contribution in [2.45, 2.75) is 38.5 Å². The van der Waals surface area contributed by atoms with E-state index < -0.39 is 0 Å². The van der Waals surface area contributed by atoms with E-state index in [4.69, 9.17) is 0 Å². The Bertz CT molecular complexity index is 2830. The molecule has 2 heteroatoms. The molecule has 0 spiro atoms. The number of para-hydroxylation sites is 4. The monoisotopic (exact) mass is 742 g/mol. The van der Waals surface area contributed by atoms with Crippen LogP contribution in [0.4, 0.5) is 34.1 Å². The van der Waals surface area contributed by atoms with Gasteiger partial charge in [-0.15, -0.1) is 0 Å². The van der Waals surface area contributed by atoms with Crippen molar-refractivity contribution in [3.63, 3.8) is 0 Å². The van der Waals surface area contributed by atoms with Gasteiger partial charge in [0.15, 0.2) is 0 Å². The highest BCUT2D eigenvalue weighted by atomic mass is 15.2. The lowest BCUT2D eigenvalue weighted by Crippen LogP contribution is -2.28. The molecule has 2 aliphatic carbocycles. The van der Waals surface area contributed by atoms with E-state index in [0.29, 0.717) is 0 Å². The molecule has 0 saturated heterocycles. The molecule has 0 radical (unpaired) electrons. The Hall–Kier alpha value is -6.90. The highest BCUT2D eigenvalue weighted by Gasteiger charge is 2.40. The third-order valence-electron chi connectivity index (χ3n) is 13.6. The number of fused-ring (bicyclic) bond motifs is 8. The summed E-state index contributed by atoms with van der Waals surface area (Å²) in [6.07, 6.45) is 8.99. The van der Waals surface area contributed by atoms with Crippen molar-refractivity contribution in [1.82, 2.24) is 0 Å². The molecular weight excluding hydrogens is 701 g/mol. The van der Waals surface area contributed by atoms with Crippen molar-refractivity contribution in [2.75, 3.05) is 9.80 Å². The topological polar surface area (TPSA) is 6.48 Å². The van der Waals surface area contributed by atoms with Crippen LogP contribution >= 0.6 is 0 Å². The van der Waals surface area contributed by atoms with Crippen LogP contribution in [0.2, 0.25) is 0 Å². The summed E-state index contributed by atoms with van der Waals surface area (Å²) in [7, 11) is 0. The Morgan fingerprint density at radius 2 is 0.621 bits per heavy atom. The summed E-state index contributed by atoms with van der Waals surface area (Å²) in [5, 5.41) is 2.80. The largest absolute Gasteiger partial charge is 0.309 e. The van der Waals surface area contributed by atoms with Crippen molar-refractivity contribution < 1.29 is 0 Å². The van der Waals surface area contributed by atoms with Crippen LogP contribution in [0, 0.1) is 0 Å². The smallest absolute Gasteiger partial charge is 0.0534 e. The van der Waals surface area contributed by atoms with Gasteiger partial charge in [-0.1, -0.05) is 161 Å². The number of hydrogen-bond donors (Lipinski definition) is 0. The Morgan fingerprint density at radius 3 is 0.966 bits per heavy atom. The zero-order valence-corrected chi connectivity index (χ0v) is 33.2. The molecule has 8 aromatic carbocycles. The van der Waals surface area contributed by atoms with Crippen molar-refractivity contribution in [3.8, 4) is 22.3 Å². The van der Waals surface area contributed by atoms with Crippen LogP contribution in [-0.4, -0.2) is 0 Å². The number of hydrogen-bond acceptors (Lipinski definition) is 2. The molecule has 2 heterocycles. The Kier molecular flexibility index (Phi) is 6.78. The molecule has 2 nitrogen and oxygen atoms in total. The molecule has 0 aromatic heterocycles. The van der Waals surface area contributed by atoms with E-state index in [1.807, 2.05) is 0 Å². The molecule has 0 saturated carbocycles.